The monoisotopic (exact) mass is 228 g/mol. The van der Waals surface area contributed by atoms with Crippen LogP contribution in [0.3, 0.4) is 0 Å². The van der Waals surface area contributed by atoms with E-state index in [1.165, 1.54) is 6.42 Å². The molecule has 2 rings (SSSR count). The smallest absolute Gasteiger partial charge is 0.141 e. The SMILES string of the molecule is COc1ccccc1NC1CCNC1.Cl. The molecule has 0 saturated carbocycles. The van der Waals surface area contributed by atoms with Gasteiger partial charge in [-0.3, -0.25) is 0 Å². The van der Waals surface area contributed by atoms with Gasteiger partial charge in [0.05, 0.1) is 12.8 Å². The van der Waals surface area contributed by atoms with Crippen molar-refractivity contribution in [1.82, 2.24) is 5.32 Å². The number of benzene rings is 1. The molecule has 1 aliphatic rings. The Morgan fingerprint density at radius 1 is 1.40 bits per heavy atom. The zero-order valence-electron chi connectivity index (χ0n) is 8.82. The number of para-hydroxylation sites is 2. The first-order chi connectivity index (χ1) is 6.90. The Bertz CT molecular complexity index is 300. The van der Waals surface area contributed by atoms with Crippen LogP contribution in [-0.2, 0) is 0 Å². The number of anilines is 1. The molecule has 2 N–H and O–H groups in total. The van der Waals surface area contributed by atoms with Gasteiger partial charge in [-0.15, -0.1) is 12.4 Å². The highest BCUT2D eigenvalue weighted by molar-refractivity contribution is 5.85. The molecule has 0 bridgehead atoms. The first-order valence-electron chi connectivity index (χ1n) is 5.00. The van der Waals surface area contributed by atoms with Crippen LogP contribution >= 0.6 is 12.4 Å². The van der Waals surface area contributed by atoms with Gasteiger partial charge in [0.2, 0.25) is 0 Å². The number of rotatable bonds is 3. The predicted molar refractivity (Wildman–Crippen MR) is 65.1 cm³/mol. The van der Waals surface area contributed by atoms with E-state index in [0.29, 0.717) is 6.04 Å². The number of methoxy groups -OCH3 is 1. The largest absolute Gasteiger partial charge is 0.495 e. The Morgan fingerprint density at radius 2 is 2.20 bits per heavy atom. The van der Waals surface area contributed by atoms with E-state index in [9.17, 15) is 0 Å². The van der Waals surface area contributed by atoms with Crippen molar-refractivity contribution in [2.75, 3.05) is 25.5 Å². The lowest BCUT2D eigenvalue weighted by atomic mass is 10.2. The highest BCUT2D eigenvalue weighted by Gasteiger charge is 2.14. The maximum atomic E-state index is 5.27. The summed E-state index contributed by atoms with van der Waals surface area (Å²) in [5, 5.41) is 6.80. The van der Waals surface area contributed by atoms with E-state index in [1.807, 2.05) is 18.2 Å². The lowest BCUT2D eigenvalue weighted by molar-refractivity contribution is 0.416. The molecule has 1 aromatic carbocycles. The van der Waals surface area contributed by atoms with Crippen LogP contribution in [0.1, 0.15) is 6.42 Å². The lowest BCUT2D eigenvalue weighted by Crippen LogP contribution is -2.22. The molecular weight excluding hydrogens is 212 g/mol. The number of hydrogen-bond acceptors (Lipinski definition) is 3. The minimum absolute atomic E-state index is 0. The van der Waals surface area contributed by atoms with Crippen molar-refractivity contribution in [1.29, 1.82) is 0 Å². The van der Waals surface area contributed by atoms with Gasteiger partial charge >= 0.3 is 0 Å². The molecule has 84 valence electrons. The first-order valence-corrected chi connectivity index (χ1v) is 5.00. The molecule has 1 unspecified atom stereocenters. The fraction of sp³-hybridized carbons (Fsp3) is 0.455. The summed E-state index contributed by atoms with van der Waals surface area (Å²) in [4.78, 5) is 0. The Hall–Kier alpha value is -0.930. The number of hydrogen-bond donors (Lipinski definition) is 2. The maximum Gasteiger partial charge on any atom is 0.141 e. The van der Waals surface area contributed by atoms with Crippen LogP contribution < -0.4 is 15.4 Å². The van der Waals surface area contributed by atoms with Crippen molar-refractivity contribution in [3.8, 4) is 5.75 Å². The van der Waals surface area contributed by atoms with Crippen LogP contribution in [-0.4, -0.2) is 26.2 Å². The van der Waals surface area contributed by atoms with Crippen LogP contribution in [0.4, 0.5) is 5.69 Å². The van der Waals surface area contributed by atoms with E-state index in [4.69, 9.17) is 4.74 Å². The fourth-order valence-corrected chi connectivity index (χ4v) is 1.76. The van der Waals surface area contributed by atoms with Crippen LogP contribution in [0.15, 0.2) is 24.3 Å². The molecule has 1 saturated heterocycles. The minimum atomic E-state index is 0. The van der Waals surface area contributed by atoms with Crippen molar-refractivity contribution in [3.63, 3.8) is 0 Å². The van der Waals surface area contributed by atoms with Crippen LogP contribution in [0.25, 0.3) is 0 Å². The van der Waals surface area contributed by atoms with Crippen molar-refractivity contribution in [2.45, 2.75) is 12.5 Å². The second-order valence-corrected chi connectivity index (χ2v) is 3.53. The molecule has 1 fully saturated rings. The molecule has 0 spiro atoms. The Labute approximate surface area is 96.6 Å². The summed E-state index contributed by atoms with van der Waals surface area (Å²) in [7, 11) is 1.70. The number of halogens is 1. The third-order valence-electron chi connectivity index (χ3n) is 2.53. The molecule has 15 heavy (non-hydrogen) atoms. The Kier molecular flexibility index (Phi) is 4.72. The van der Waals surface area contributed by atoms with Gasteiger partial charge in [0.1, 0.15) is 5.75 Å². The lowest BCUT2D eigenvalue weighted by Gasteiger charge is -2.15. The van der Waals surface area contributed by atoms with Gasteiger partial charge in [0, 0.05) is 12.6 Å². The van der Waals surface area contributed by atoms with E-state index in [0.717, 1.165) is 24.5 Å². The zero-order valence-corrected chi connectivity index (χ0v) is 9.64. The van der Waals surface area contributed by atoms with Crippen molar-refractivity contribution in [2.24, 2.45) is 0 Å². The molecule has 1 aliphatic heterocycles. The van der Waals surface area contributed by atoms with Crippen molar-refractivity contribution in [3.05, 3.63) is 24.3 Å². The summed E-state index contributed by atoms with van der Waals surface area (Å²) in [5.41, 5.74) is 1.09. The second-order valence-electron chi connectivity index (χ2n) is 3.53. The maximum absolute atomic E-state index is 5.27. The van der Waals surface area contributed by atoms with Crippen LogP contribution in [0.2, 0.25) is 0 Å². The molecule has 1 aromatic rings. The summed E-state index contributed by atoms with van der Waals surface area (Å²) >= 11 is 0. The van der Waals surface area contributed by atoms with Crippen LogP contribution in [0, 0.1) is 0 Å². The topological polar surface area (TPSA) is 33.3 Å². The quantitative estimate of drug-likeness (QED) is 0.829. The molecule has 0 aliphatic carbocycles. The molecule has 1 heterocycles. The Balaban J connectivity index is 0.00000112. The molecule has 0 radical (unpaired) electrons. The van der Waals surface area contributed by atoms with Gasteiger partial charge in [0.15, 0.2) is 0 Å². The van der Waals surface area contributed by atoms with E-state index in [2.05, 4.69) is 16.7 Å². The van der Waals surface area contributed by atoms with Crippen LogP contribution in [0.5, 0.6) is 5.75 Å². The van der Waals surface area contributed by atoms with E-state index in [1.54, 1.807) is 7.11 Å². The number of ether oxygens (including phenoxy) is 1. The molecule has 1 atom stereocenters. The summed E-state index contributed by atoms with van der Waals surface area (Å²) in [6, 6.07) is 8.57. The minimum Gasteiger partial charge on any atom is -0.495 e. The standard InChI is InChI=1S/C11H16N2O.ClH/c1-14-11-5-3-2-4-10(11)13-9-6-7-12-8-9;/h2-5,9,12-13H,6-8H2,1H3;1H. The molecule has 0 aromatic heterocycles. The number of nitrogens with one attached hydrogen (secondary N) is 2. The normalized spacial score (nSPS) is 19.4. The average Bonchev–Trinajstić information content (AvgIpc) is 2.71. The van der Waals surface area contributed by atoms with E-state index < -0.39 is 0 Å². The van der Waals surface area contributed by atoms with Gasteiger partial charge in [-0.25, -0.2) is 0 Å². The van der Waals surface area contributed by atoms with Gasteiger partial charge in [-0.05, 0) is 25.1 Å². The van der Waals surface area contributed by atoms with Crippen molar-refractivity contribution < 1.29 is 4.74 Å². The average molecular weight is 229 g/mol. The van der Waals surface area contributed by atoms with Gasteiger partial charge in [-0.2, -0.15) is 0 Å². The summed E-state index contributed by atoms with van der Waals surface area (Å²) in [5.74, 6) is 0.916. The molecule has 0 amide bonds. The summed E-state index contributed by atoms with van der Waals surface area (Å²) in [6.07, 6.45) is 1.18. The summed E-state index contributed by atoms with van der Waals surface area (Å²) < 4.78 is 5.27. The highest BCUT2D eigenvalue weighted by Crippen LogP contribution is 2.24. The molecule has 3 nitrogen and oxygen atoms in total. The Morgan fingerprint density at radius 3 is 2.87 bits per heavy atom. The van der Waals surface area contributed by atoms with Gasteiger partial charge in [-0.1, -0.05) is 12.1 Å². The van der Waals surface area contributed by atoms with Gasteiger partial charge in [0.25, 0.3) is 0 Å². The predicted octanol–water partition coefficient (Wildman–Crippen LogP) is 1.89. The fourth-order valence-electron chi connectivity index (χ4n) is 1.76. The zero-order chi connectivity index (χ0) is 9.80. The van der Waals surface area contributed by atoms with Gasteiger partial charge < -0.3 is 15.4 Å². The molecular formula is C11H17ClN2O. The van der Waals surface area contributed by atoms with E-state index >= 15 is 0 Å². The third-order valence-corrected chi connectivity index (χ3v) is 2.53. The molecule has 4 heteroatoms. The summed E-state index contributed by atoms with van der Waals surface area (Å²) in [6.45, 7) is 2.14. The van der Waals surface area contributed by atoms with E-state index in [-0.39, 0.29) is 12.4 Å². The first kappa shape index (κ1) is 12.1. The highest BCUT2D eigenvalue weighted by atomic mass is 35.5. The third kappa shape index (κ3) is 3.01. The second kappa shape index (κ2) is 5.83. The van der Waals surface area contributed by atoms with Crippen molar-refractivity contribution >= 4 is 18.1 Å².